The fourth-order valence-electron chi connectivity index (χ4n) is 2.04. The van der Waals surface area contributed by atoms with E-state index in [-0.39, 0.29) is 11.9 Å². The van der Waals surface area contributed by atoms with Crippen molar-refractivity contribution in [1.82, 2.24) is 20.0 Å². The highest BCUT2D eigenvalue weighted by molar-refractivity contribution is 5.96. The Morgan fingerprint density at radius 1 is 1.40 bits per heavy atom. The lowest BCUT2D eigenvalue weighted by Gasteiger charge is -2.24. The van der Waals surface area contributed by atoms with Gasteiger partial charge in [0.15, 0.2) is 0 Å². The van der Waals surface area contributed by atoms with Crippen LogP contribution in [0.4, 0.5) is 0 Å². The summed E-state index contributed by atoms with van der Waals surface area (Å²) in [5.74, 6) is 0.462. The van der Waals surface area contributed by atoms with E-state index in [1.165, 1.54) is 0 Å². The van der Waals surface area contributed by atoms with Crippen molar-refractivity contribution in [2.75, 3.05) is 7.05 Å². The fraction of sp³-hybridized carbons (Fsp3) is 0.429. The number of hydrogen-bond acceptors (Lipinski definition) is 5. The van der Waals surface area contributed by atoms with Gasteiger partial charge in [-0.3, -0.25) is 14.8 Å². The molecule has 0 N–H and O–H groups in total. The van der Waals surface area contributed by atoms with E-state index in [1.807, 2.05) is 6.92 Å². The number of nitrogens with zero attached hydrogens (tertiary/aromatic N) is 4. The summed E-state index contributed by atoms with van der Waals surface area (Å²) in [6.45, 7) is 5.49. The van der Waals surface area contributed by atoms with E-state index >= 15 is 0 Å². The molecule has 0 unspecified atom stereocenters. The van der Waals surface area contributed by atoms with E-state index in [0.29, 0.717) is 23.4 Å². The summed E-state index contributed by atoms with van der Waals surface area (Å²) in [7, 11) is 1.77. The largest absolute Gasteiger partial charge is 0.361 e. The highest BCUT2D eigenvalue weighted by atomic mass is 16.5. The van der Waals surface area contributed by atoms with Crippen molar-refractivity contribution in [1.29, 1.82) is 0 Å². The van der Waals surface area contributed by atoms with Crippen molar-refractivity contribution >= 4 is 5.91 Å². The average Bonchev–Trinajstić information content (AvgIpc) is 2.77. The number of rotatable bonds is 4. The zero-order valence-electron chi connectivity index (χ0n) is 12.1. The van der Waals surface area contributed by atoms with Crippen LogP contribution in [0, 0.1) is 13.8 Å². The first-order valence-corrected chi connectivity index (χ1v) is 6.45. The molecule has 0 saturated carbocycles. The van der Waals surface area contributed by atoms with E-state index in [4.69, 9.17) is 4.52 Å². The van der Waals surface area contributed by atoms with Crippen LogP contribution in [0.3, 0.4) is 0 Å². The molecule has 0 aliphatic heterocycles. The van der Waals surface area contributed by atoms with Crippen molar-refractivity contribution in [3.05, 3.63) is 41.3 Å². The van der Waals surface area contributed by atoms with Crippen molar-refractivity contribution in [2.45, 2.75) is 33.2 Å². The maximum Gasteiger partial charge on any atom is 0.259 e. The smallest absolute Gasteiger partial charge is 0.259 e. The number of carbonyl (C=O) groups excluding carboxylic acids is 1. The lowest BCUT2D eigenvalue weighted by molar-refractivity contribution is 0.0740. The van der Waals surface area contributed by atoms with Crippen LogP contribution in [-0.4, -0.2) is 39.0 Å². The molecule has 6 heteroatoms. The first-order valence-electron chi connectivity index (χ1n) is 6.45. The Kier molecular flexibility index (Phi) is 4.12. The third kappa shape index (κ3) is 2.84. The number of amides is 1. The summed E-state index contributed by atoms with van der Waals surface area (Å²) < 4.78 is 5.04. The second-order valence-electron chi connectivity index (χ2n) is 4.87. The Morgan fingerprint density at radius 3 is 2.70 bits per heavy atom. The fourth-order valence-corrected chi connectivity index (χ4v) is 2.04. The topological polar surface area (TPSA) is 72.1 Å². The lowest BCUT2D eigenvalue weighted by atomic mass is 10.1. The molecule has 0 aromatic carbocycles. The summed E-state index contributed by atoms with van der Waals surface area (Å²) >= 11 is 0. The van der Waals surface area contributed by atoms with Gasteiger partial charge in [-0.1, -0.05) is 5.16 Å². The van der Waals surface area contributed by atoms with Crippen LogP contribution in [0.1, 0.15) is 34.4 Å². The van der Waals surface area contributed by atoms with Gasteiger partial charge in [0.05, 0.1) is 11.4 Å². The first-order chi connectivity index (χ1) is 9.50. The van der Waals surface area contributed by atoms with Crippen LogP contribution < -0.4 is 0 Å². The first kappa shape index (κ1) is 14.2. The van der Waals surface area contributed by atoms with Gasteiger partial charge in [-0.25, -0.2) is 0 Å². The number of carbonyl (C=O) groups is 1. The molecule has 2 rings (SSSR count). The predicted octanol–water partition coefficient (Wildman–Crippen LogP) is 1.78. The summed E-state index contributed by atoms with van der Waals surface area (Å²) in [4.78, 5) is 22.4. The zero-order valence-corrected chi connectivity index (χ0v) is 12.1. The number of hydrogen-bond donors (Lipinski definition) is 0. The van der Waals surface area contributed by atoms with Crippen molar-refractivity contribution in [2.24, 2.45) is 0 Å². The predicted molar refractivity (Wildman–Crippen MR) is 73.3 cm³/mol. The molecule has 2 aromatic rings. The molecular formula is C14H18N4O2. The normalized spacial score (nSPS) is 12.2. The van der Waals surface area contributed by atoms with Gasteiger partial charge in [0.2, 0.25) is 0 Å². The van der Waals surface area contributed by atoms with Crippen LogP contribution in [0.5, 0.6) is 0 Å². The molecule has 0 aliphatic carbocycles. The maximum atomic E-state index is 12.5. The molecule has 1 amide bonds. The number of aromatic nitrogens is 3. The average molecular weight is 274 g/mol. The van der Waals surface area contributed by atoms with Crippen LogP contribution in [0.2, 0.25) is 0 Å². The van der Waals surface area contributed by atoms with Crippen LogP contribution in [-0.2, 0) is 6.42 Å². The summed E-state index contributed by atoms with van der Waals surface area (Å²) in [6.07, 6.45) is 5.65. The van der Waals surface area contributed by atoms with Crippen molar-refractivity contribution in [3.63, 3.8) is 0 Å². The number of likely N-dealkylation sites (N-methyl/N-ethyl adjacent to an activating group) is 1. The third-order valence-electron chi connectivity index (χ3n) is 3.35. The second kappa shape index (κ2) is 5.81. The molecule has 0 spiro atoms. The monoisotopic (exact) mass is 274 g/mol. The van der Waals surface area contributed by atoms with Gasteiger partial charge in [-0.15, -0.1) is 0 Å². The van der Waals surface area contributed by atoms with Crippen LogP contribution >= 0.6 is 0 Å². The van der Waals surface area contributed by atoms with E-state index in [9.17, 15) is 4.79 Å². The van der Waals surface area contributed by atoms with Gasteiger partial charge in [0.1, 0.15) is 11.3 Å². The Balaban J connectivity index is 2.11. The van der Waals surface area contributed by atoms with Crippen molar-refractivity contribution in [3.8, 4) is 0 Å². The van der Waals surface area contributed by atoms with Crippen molar-refractivity contribution < 1.29 is 9.32 Å². The van der Waals surface area contributed by atoms with Gasteiger partial charge in [0.25, 0.3) is 5.91 Å². The number of aryl methyl sites for hydroxylation is 2. The Labute approximate surface area is 117 Å². The van der Waals surface area contributed by atoms with Gasteiger partial charge in [-0.05, 0) is 20.8 Å². The zero-order chi connectivity index (χ0) is 14.7. The minimum atomic E-state index is -0.0855. The SMILES string of the molecule is Cc1noc(C)c1C(=O)N(C)[C@@H](C)Cc1cnccn1. The molecule has 0 radical (unpaired) electrons. The van der Waals surface area contributed by atoms with Crippen LogP contribution in [0.25, 0.3) is 0 Å². The quantitative estimate of drug-likeness (QED) is 0.849. The summed E-state index contributed by atoms with van der Waals surface area (Å²) in [6, 6.07) is 0.00731. The van der Waals surface area contributed by atoms with Gasteiger partial charge in [0, 0.05) is 38.1 Å². The summed E-state index contributed by atoms with van der Waals surface area (Å²) in [5, 5.41) is 3.82. The standard InChI is InChI=1S/C14H18N4O2/c1-9(7-12-8-15-5-6-16-12)18(4)14(19)13-10(2)17-20-11(13)3/h5-6,8-9H,7H2,1-4H3/t9-/m0/s1. The molecule has 20 heavy (non-hydrogen) atoms. The van der Waals surface area contributed by atoms with E-state index < -0.39 is 0 Å². The highest BCUT2D eigenvalue weighted by Crippen LogP contribution is 2.16. The maximum absolute atomic E-state index is 12.5. The van der Waals surface area contributed by atoms with Gasteiger partial charge >= 0.3 is 0 Å². The molecule has 0 fully saturated rings. The molecule has 106 valence electrons. The Morgan fingerprint density at radius 2 is 2.15 bits per heavy atom. The van der Waals surface area contributed by atoms with E-state index in [0.717, 1.165) is 5.69 Å². The molecule has 0 saturated heterocycles. The van der Waals surface area contributed by atoms with E-state index in [1.54, 1.807) is 44.4 Å². The molecule has 6 nitrogen and oxygen atoms in total. The second-order valence-corrected chi connectivity index (χ2v) is 4.87. The molecule has 2 aromatic heterocycles. The molecule has 2 heterocycles. The van der Waals surface area contributed by atoms with Gasteiger partial charge in [-0.2, -0.15) is 0 Å². The van der Waals surface area contributed by atoms with Crippen LogP contribution in [0.15, 0.2) is 23.1 Å². The molecular weight excluding hydrogens is 256 g/mol. The summed E-state index contributed by atoms with van der Waals surface area (Å²) in [5.41, 5.74) is 2.02. The molecule has 0 aliphatic rings. The van der Waals surface area contributed by atoms with Gasteiger partial charge < -0.3 is 9.42 Å². The Hall–Kier alpha value is -2.24. The highest BCUT2D eigenvalue weighted by Gasteiger charge is 2.24. The van der Waals surface area contributed by atoms with E-state index in [2.05, 4.69) is 15.1 Å². The minimum Gasteiger partial charge on any atom is -0.361 e. The third-order valence-corrected chi connectivity index (χ3v) is 3.35. The molecule has 1 atom stereocenters. The molecule has 0 bridgehead atoms. The minimum absolute atomic E-state index is 0.00731. The lowest BCUT2D eigenvalue weighted by Crippen LogP contribution is -2.37. The Bertz CT molecular complexity index is 575.